The number of aliphatic hydroxyl groups is 1. The van der Waals surface area contributed by atoms with Crippen molar-refractivity contribution < 1.29 is 9.90 Å². The molecule has 6 heteroatoms. The Morgan fingerprint density at radius 1 is 1.17 bits per heavy atom. The smallest absolute Gasteiger partial charge is 0.233 e. The van der Waals surface area contributed by atoms with Crippen LogP contribution < -0.4 is 0 Å². The van der Waals surface area contributed by atoms with Gasteiger partial charge in [0.1, 0.15) is 0 Å². The van der Waals surface area contributed by atoms with Crippen LogP contribution >= 0.6 is 11.8 Å². The Morgan fingerprint density at radius 2 is 1.93 bits per heavy atom. The van der Waals surface area contributed by atoms with Gasteiger partial charge in [0.2, 0.25) is 5.91 Å². The fourth-order valence-electron chi connectivity index (χ4n) is 3.89. The summed E-state index contributed by atoms with van der Waals surface area (Å²) in [6, 6.07) is 22.1. The molecule has 2 aromatic carbocycles. The molecule has 1 aromatic heterocycles. The Labute approximate surface area is 181 Å². The highest BCUT2D eigenvalue weighted by molar-refractivity contribution is 7.99. The zero-order chi connectivity index (χ0) is 20.9. The van der Waals surface area contributed by atoms with Gasteiger partial charge in [0.15, 0.2) is 0 Å². The van der Waals surface area contributed by atoms with Gasteiger partial charge in [0, 0.05) is 32.1 Å². The summed E-state index contributed by atoms with van der Waals surface area (Å²) in [6.07, 6.45) is 0.528. The second-order valence-electron chi connectivity index (χ2n) is 7.76. The van der Waals surface area contributed by atoms with E-state index in [1.54, 1.807) is 0 Å². The number of likely N-dealkylation sites (tertiary alicyclic amines) is 1. The van der Waals surface area contributed by atoms with Crippen molar-refractivity contribution in [3.8, 4) is 0 Å². The Morgan fingerprint density at radius 3 is 2.70 bits per heavy atom. The molecule has 1 N–H and O–H groups in total. The zero-order valence-corrected chi connectivity index (χ0v) is 18.0. The molecule has 1 saturated heterocycles. The van der Waals surface area contributed by atoms with E-state index >= 15 is 0 Å². The maximum absolute atomic E-state index is 13.0. The first-order valence-electron chi connectivity index (χ1n) is 10.3. The van der Waals surface area contributed by atoms with E-state index in [1.807, 2.05) is 66.5 Å². The molecule has 1 aliphatic rings. The number of hydrogen-bond donors (Lipinski definition) is 1. The Hall–Kier alpha value is -2.41. The van der Waals surface area contributed by atoms with E-state index in [-0.39, 0.29) is 18.1 Å². The lowest BCUT2D eigenvalue weighted by molar-refractivity contribution is -0.129. The molecule has 5 nitrogen and oxygen atoms in total. The largest absolute Gasteiger partial charge is 0.392 e. The lowest BCUT2D eigenvalue weighted by Gasteiger charge is -2.32. The van der Waals surface area contributed by atoms with Gasteiger partial charge in [-0.2, -0.15) is 0 Å². The zero-order valence-electron chi connectivity index (χ0n) is 17.1. The average molecular weight is 422 g/mol. The highest BCUT2D eigenvalue weighted by Gasteiger charge is 2.28. The number of thioether (sulfide) groups is 1. The van der Waals surface area contributed by atoms with Crippen molar-refractivity contribution in [3.05, 3.63) is 72.3 Å². The van der Waals surface area contributed by atoms with Crippen LogP contribution in [0.15, 0.2) is 71.8 Å². The Kier molecular flexibility index (Phi) is 6.67. The standard InChI is InChI=1S/C24H27N3O2S/c1-26(22(19-8-3-2-4-9-19)16-27-14-13-20(28)15-27)24(29)17-30-23-12-11-18-7-5-6-10-21(18)25-23/h2-12,20,22,28H,13-17H2,1H3/t20-,22+/m0/s1. The van der Waals surface area contributed by atoms with Crippen molar-refractivity contribution >= 4 is 28.6 Å². The normalized spacial score (nSPS) is 17.9. The third-order valence-electron chi connectivity index (χ3n) is 5.64. The molecule has 0 saturated carbocycles. The topological polar surface area (TPSA) is 56.7 Å². The van der Waals surface area contributed by atoms with Crippen molar-refractivity contribution in [1.82, 2.24) is 14.8 Å². The van der Waals surface area contributed by atoms with Crippen molar-refractivity contribution in [1.29, 1.82) is 0 Å². The van der Waals surface area contributed by atoms with Crippen molar-refractivity contribution in [3.63, 3.8) is 0 Å². The van der Waals surface area contributed by atoms with Crippen LogP contribution in [0, 0.1) is 0 Å². The van der Waals surface area contributed by atoms with Gasteiger partial charge in [0.25, 0.3) is 0 Å². The minimum atomic E-state index is -0.267. The van der Waals surface area contributed by atoms with E-state index in [2.05, 4.69) is 22.0 Å². The quantitative estimate of drug-likeness (QED) is 0.591. The van der Waals surface area contributed by atoms with E-state index in [1.165, 1.54) is 11.8 Å². The van der Waals surface area contributed by atoms with E-state index in [0.717, 1.165) is 41.0 Å². The minimum Gasteiger partial charge on any atom is -0.392 e. The van der Waals surface area contributed by atoms with Gasteiger partial charge < -0.3 is 10.0 Å². The number of benzene rings is 2. The maximum atomic E-state index is 13.0. The molecule has 2 heterocycles. The molecule has 1 amide bonds. The minimum absolute atomic E-state index is 0.0471. The summed E-state index contributed by atoms with van der Waals surface area (Å²) >= 11 is 1.47. The van der Waals surface area contributed by atoms with E-state index < -0.39 is 0 Å². The van der Waals surface area contributed by atoms with Crippen LogP contribution in [0.5, 0.6) is 0 Å². The molecule has 2 atom stereocenters. The summed E-state index contributed by atoms with van der Waals surface area (Å²) in [5, 5.41) is 11.8. The molecule has 30 heavy (non-hydrogen) atoms. The number of aromatic nitrogens is 1. The van der Waals surface area contributed by atoms with Crippen LogP contribution in [0.25, 0.3) is 10.9 Å². The highest BCUT2D eigenvalue weighted by Crippen LogP contribution is 2.25. The molecule has 0 radical (unpaired) electrons. The van der Waals surface area contributed by atoms with Gasteiger partial charge in [0.05, 0.1) is 28.4 Å². The number of rotatable bonds is 7. The number of para-hydroxylation sites is 1. The van der Waals surface area contributed by atoms with Gasteiger partial charge in [-0.25, -0.2) is 4.98 Å². The first kappa shape index (κ1) is 20.8. The molecular weight excluding hydrogens is 394 g/mol. The molecule has 0 bridgehead atoms. The number of carbonyl (C=O) groups excluding carboxylic acids is 1. The van der Waals surface area contributed by atoms with Crippen LogP contribution in [-0.2, 0) is 4.79 Å². The molecule has 156 valence electrons. The van der Waals surface area contributed by atoms with Gasteiger partial charge in [-0.15, -0.1) is 0 Å². The third-order valence-corrected chi connectivity index (χ3v) is 6.55. The molecular formula is C24H27N3O2S. The number of nitrogens with zero attached hydrogens (tertiary/aromatic N) is 3. The van der Waals surface area contributed by atoms with Crippen LogP contribution in [-0.4, -0.2) is 64.3 Å². The molecule has 0 aliphatic carbocycles. The number of aliphatic hydroxyl groups excluding tert-OH is 1. The molecule has 4 rings (SSSR count). The number of β-amino-alcohol motifs (C(OH)–C–C–N with tert-alkyl or cyclic N) is 1. The average Bonchev–Trinajstić information content (AvgIpc) is 3.20. The molecule has 1 fully saturated rings. The lowest BCUT2D eigenvalue weighted by Crippen LogP contribution is -2.39. The van der Waals surface area contributed by atoms with Gasteiger partial charge in [-0.1, -0.05) is 66.4 Å². The summed E-state index contributed by atoms with van der Waals surface area (Å²) < 4.78 is 0. The monoisotopic (exact) mass is 421 g/mol. The lowest BCUT2D eigenvalue weighted by atomic mass is 10.1. The van der Waals surface area contributed by atoms with Crippen LogP contribution in [0.1, 0.15) is 18.0 Å². The second kappa shape index (κ2) is 9.60. The maximum Gasteiger partial charge on any atom is 0.233 e. The predicted octanol–water partition coefficient (Wildman–Crippen LogP) is 3.59. The number of fused-ring (bicyclic) bond motifs is 1. The second-order valence-corrected chi connectivity index (χ2v) is 8.76. The van der Waals surface area contributed by atoms with Gasteiger partial charge in [-0.05, 0) is 24.1 Å². The number of amides is 1. The van der Waals surface area contributed by atoms with Crippen molar-refractivity contribution in [2.75, 3.05) is 32.4 Å². The van der Waals surface area contributed by atoms with Crippen molar-refractivity contribution in [2.24, 2.45) is 0 Å². The summed E-state index contributed by atoms with van der Waals surface area (Å²) in [4.78, 5) is 21.8. The highest BCUT2D eigenvalue weighted by atomic mass is 32.2. The SMILES string of the molecule is CN(C(=O)CSc1ccc2ccccc2n1)[C@H](CN1CC[C@H](O)C1)c1ccccc1. The first-order chi connectivity index (χ1) is 14.6. The molecule has 0 unspecified atom stereocenters. The Balaban J connectivity index is 1.44. The van der Waals surface area contributed by atoms with E-state index in [4.69, 9.17) is 0 Å². The van der Waals surface area contributed by atoms with E-state index in [9.17, 15) is 9.90 Å². The van der Waals surface area contributed by atoms with Crippen LogP contribution in [0.2, 0.25) is 0 Å². The fraction of sp³-hybridized carbons (Fsp3) is 0.333. The summed E-state index contributed by atoms with van der Waals surface area (Å²) in [6.45, 7) is 2.26. The van der Waals surface area contributed by atoms with E-state index in [0.29, 0.717) is 12.3 Å². The number of hydrogen-bond acceptors (Lipinski definition) is 5. The summed E-state index contributed by atoms with van der Waals surface area (Å²) in [7, 11) is 1.88. The third kappa shape index (κ3) is 5.01. The molecule has 3 aromatic rings. The van der Waals surface area contributed by atoms with Crippen molar-refractivity contribution in [2.45, 2.75) is 23.6 Å². The van der Waals surface area contributed by atoms with Crippen LogP contribution in [0.4, 0.5) is 0 Å². The summed E-state index contributed by atoms with van der Waals surface area (Å²) in [5.74, 6) is 0.414. The molecule has 0 spiro atoms. The number of likely N-dealkylation sites (N-methyl/N-ethyl adjacent to an activating group) is 1. The molecule has 1 aliphatic heterocycles. The van der Waals surface area contributed by atoms with Gasteiger partial charge >= 0.3 is 0 Å². The number of carbonyl (C=O) groups is 1. The summed E-state index contributed by atoms with van der Waals surface area (Å²) in [5.41, 5.74) is 2.06. The predicted molar refractivity (Wildman–Crippen MR) is 121 cm³/mol. The van der Waals surface area contributed by atoms with Crippen LogP contribution in [0.3, 0.4) is 0 Å². The van der Waals surface area contributed by atoms with Gasteiger partial charge in [-0.3, -0.25) is 9.69 Å². The number of pyridine rings is 1. The Bertz CT molecular complexity index is 998. The fourth-order valence-corrected chi connectivity index (χ4v) is 4.69. The first-order valence-corrected chi connectivity index (χ1v) is 11.3.